The quantitative estimate of drug-likeness (QED) is 0.507. The molecular weight excluding hydrogens is 176 g/mol. The van der Waals surface area contributed by atoms with E-state index in [1.807, 2.05) is 19.9 Å². The molecule has 0 aromatic rings. The van der Waals surface area contributed by atoms with E-state index < -0.39 is 10.8 Å². The minimum Gasteiger partial charge on any atom is -0.480 e. The van der Waals surface area contributed by atoms with E-state index in [0.717, 1.165) is 6.42 Å². The molecule has 0 fully saturated rings. The van der Waals surface area contributed by atoms with E-state index in [2.05, 4.69) is 0 Å². The van der Waals surface area contributed by atoms with E-state index >= 15 is 0 Å². The molecule has 0 aliphatic heterocycles. The highest BCUT2D eigenvalue weighted by atomic mass is 35.5. The van der Waals surface area contributed by atoms with Crippen LogP contribution in [0.1, 0.15) is 26.7 Å². The molecule has 1 rings (SSSR count). The van der Waals surface area contributed by atoms with Crippen LogP contribution in [0, 0.1) is 5.92 Å². The van der Waals surface area contributed by atoms with Crippen LogP contribution in [0.3, 0.4) is 0 Å². The highest BCUT2D eigenvalue weighted by Gasteiger charge is 2.42. The zero-order chi connectivity index (χ0) is 9.35. The number of carboxylic acids is 1. The van der Waals surface area contributed by atoms with E-state index in [1.54, 1.807) is 0 Å². The van der Waals surface area contributed by atoms with Gasteiger partial charge in [0.1, 0.15) is 4.87 Å². The van der Waals surface area contributed by atoms with Gasteiger partial charge in [-0.15, -0.1) is 11.6 Å². The van der Waals surface area contributed by atoms with Crippen LogP contribution in [-0.2, 0) is 4.79 Å². The summed E-state index contributed by atoms with van der Waals surface area (Å²) in [5.74, 6) is -0.887. The Morgan fingerprint density at radius 3 is 2.83 bits per heavy atom. The maximum atomic E-state index is 10.8. The van der Waals surface area contributed by atoms with E-state index in [1.165, 1.54) is 5.57 Å². The van der Waals surface area contributed by atoms with Gasteiger partial charge in [0.2, 0.25) is 0 Å². The van der Waals surface area contributed by atoms with Crippen molar-refractivity contribution in [3.05, 3.63) is 11.6 Å². The first-order valence-electron chi connectivity index (χ1n) is 4.05. The number of alkyl halides is 1. The number of rotatable bonds is 1. The smallest absolute Gasteiger partial charge is 0.325 e. The van der Waals surface area contributed by atoms with Gasteiger partial charge in [0, 0.05) is 0 Å². The SMILES string of the molecule is CC1=CC[C@](Cl)(C(=O)O)[C@H](C)C1. The number of carbonyl (C=O) groups is 1. The average molecular weight is 189 g/mol. The monoisotopic (exact) mass is 188 g/mol. The molecule has 12 heavy (non-hydrogen) atoms. The molecule has 1 aliphatic rings. The van der Waals surface area contributed by atoms with E-state index in [9.17, 15) is 4.79 Å². The van der Waals surface area contributed by atoms with Crippen LogP contribution in [0.15, 0.2) is 11.6 Å². The van der Waals surface area contributed by atoms with Crippen molar-refractivity contribution >= 4 is 17.6 Å². The third-order valence-corrected chi connectivity index (χ3v) is 3.20. The lowest BCUT2D eigenvalue weighted by Crippen LogP contribution is -2.40. The molecular formula is C9H13ClO2. The Morgan fingerprint density at radius 2 is 2.42 bits per heavy atom. The lowest BCUT2D eigenvalue weighted by molar-refractivity contribution is -0.141. The minimum atomic E-state index is -1.07. The predicted octanol–water partition coefficient (Wildman–Crippen LogP) is 2.42. The standard InChI is InChI=1S/C9H13ClO2/c1-6-3-4-9(10,8(11)12)7(2)5-6/h3,7H,4-5H2,1-2H3,(H,11,12)/t7-,9-/m1/s1. The molecule has 1 aliphatic carbocycles. The number of hydrogen-bond donors (Lipinski definition) is 1. The summed E-state index contributed by atoms with van der Waals surface area (Å²) >= 11 is 5.98. The molecule has 0 saturated carbocycles. The van der Waals surface area contributed by atoms with Crippen LogP contribution in [0.2, 0.25) is 0 Å². The average Bonchev–Trinajstić information content (AvgIpc) is 1.97. The number of halogens is 1. The molecule has 0 bridgehead atoms. The van der Waals surface area contributed by atoms with E-state index in [4.69, 9.17) is 16.7 Å². The summed E-state index contributed by atoms with van der Waals surface area (Å²) in [6.07, 6.45) is 3.15. The predicted molar refractivity (Wildman–Crippen MR) is 48.4 cm³/mol. The molecule has 0 aromatic heterocycles. The van der Waals surface area contributed by atoms with Gasteiger partial charge in [0.15, 0.2) is 0 Å². The third-order valence-electron chi connectivity index (χ3n) is 2.51. The molecule has 1 N–H and O–H groups in total. The first-order chi connectivity index (χ1) is 5.47. The van der Waals surface area contributed by atoms with Crippen LogP contribution in [0.4, 0.5) is 0 Å². The van der Waals surface area contributed by atoms with Crippen LogP contribution in [0.5, 0.6) is 0 Å². The summed E-state index contributed by atoms with van der Waals surface area (Å²) in [5, 5.41) is 8.89. The summed E-state index contributed by atoms with van der Waals surface area (Å²) in [4.78, 5) is 9.76. The molecule has 0 unspecified atom stereocenters. The topological polar surface area (TPSA) is 37.3 Å². The molecule has 2 atom stereocenters. The molecule has 0 spiro atoms. The van der Waals surface area contributed by atoms with Gasteiger partial charge in [0.25, 0.3) is 0 Å². The summed E-state index contributed by atoms with van der Waals surface area (Å²) in [6, 6.07) is 0. The lowest BCUT2D eigenvalue weighted by Gasteiger charge is -2.32. The van der Waals surface area contributed by atoms with Gasteiger partial charge in [0.05, 0.1) is 0 Å². The highest BCUT2D eigenvalue weighted by molar-refractivity contribution is 6.34. The van der Waals surface area contributed by atoms with Crippen molar-refractivity contribution in [2.24, 2.45) is 5.92 Å². The fourth-order valence-corrected chi connectivity index (χ4v) is 1.70. The van der Waals surface area contributed by atoms with Gasteiger partial charge < -0.3 is 5.11 Å². The second-order valence-corrected chi connectivity index (χ2v) is 4.20. The largest absolute Gasteiger partial charge is 0.480 e. The summed E-state index contributed by atoms with van der Waals surface area (Å²) in [7, 11) is 0. The Kier molecular flexibility index (Phi) is 2.47. The fraction of sp³-hybridized carbons (Fsp3) is 0.667. The summed E-state index contributed by atoms with van der Waals surface area (Å²) < 4.78 is 0. The first kappa shape index (κ1) is 9.59. The van der Waals surface area contributed by atoms with Gasteiger partial charge >= 0.3 is 5.97 Å². The van der Waals surface area contributed by atoms with Crippen molar-refractivity contribution in [2.45, 2.75) is 31.6 Å². The van der Waals surface area contributed by atoms with Crippen molar-refractivity contribution in [3.8, 4) is 0 Å². The van der Waals surface area contributed by atoms with Crippen LogP contribution >= 0.6 is 11.6 Å². The van der Waals surface area contributed by atoms with Crippen molar-refractivity contribution in [1.82, 2.24) is 0 Å². The van der Waals surface area contributed by atoms with Crippen molar-refractivity contribution in [1.29, 1.82) is 0 Å². The van der Waals surface area contributed by atoms with Gasteiger partial charge in [-0.1, -0.05) is 18.6 Å². The molecule has 0 saturated heterocycles. The number of aliphatic carboxylic acids is 1. The zero-order valence-electron chi connectivity index (χ0n) is 7.30. The Balaban J connectivity index is 2.88. The summed E-state index contributed by atoms with van der Waals surface area (Å²) in [5.41, 5.74) is 1.24. The molecule has 0 amide bonds. The van der Waals surface area contributed by atoms with Crippen molar-refractivity contribution in [3.63, 3.8) is 0 Å². The lowest BCUT2D eigenvalue weighted by atomic mass is 9.80. The van der Waals surface area contributed by atoms with Gasteiger partial charge in [-0.3, -0.25) is 4.79 Å². The van der Waals surface area contributed by atoms with Crippen LogP contribution in [-0.4, -0.2) is 16.0 Å². The Bertz CT molecular complexity index is 235. The van der Waals surface area contributed by atoms with Crippen LogP contribution in [0.25, 0.3) is 0 Å². The van der Waals surface area contributed by atoms with E-state index in [-0.39, 0.29) is 5.92 Å². The molecule has 68 valence electrons. The third kappa shape index (κ3) is 1.48. The van der Waals surface area contributed by atoms with Crippen molar-refractivity contribution < 1.29 is 9.90 Å². The van der Waals surface area contributed by atoms with Crippen molar-refractivity contribution in [2.75, 3.05) is 0 Å². The minimum absolute atomic E-state index is 0.0154. The molecule has 0 radical (unpaired) electrons. The van der Waals surface area contributed by atoms with Gasteiger partial charge in [-0.2, -0.15) is 0 Å². The Morgan fingerprint density at radius 1 is 1.83 bits per heavy atom. The maximum Gasteiger partial charge on any atom is 0.325 e. The number of allylic oxidation sites excluding steroid dienone is 2. The molecule has 3 heteroatoms. The van der Waals surface area contributed by atoms with Gasteiger partial charge in [-0.25, -0.2) is 0 Å². The molecule has 0 heterocycles. The Hall–Kier alpha value is -0.500. The highest BCUT2D eigenvalue weighted by Crippen LogP contribution is 2.38. The fourth-order valence-electron chi connectivity index (χ4n) is 1.55. The second kappa shape index (κ2) is 3.09. The van der Waals surface area contributed by atoms with Gasteiger partial charge in [-0.05, 0) is 25.7 Å². The second-order valence-electron chi connectivity index (χ2n) is 3.53. The van der Waals surface area contributed by atoms with E-state index in [0.29, 0.717) is 6.42 Å². The first-order valence-corrected chi connectivity index (χ1v) is 4.42. The Labute approximate surface area is 77.2 Å². The summed E-state index contributed by atoms with van der Waals surface area (Å²) in [6.45, 7) is 3.90. The molecule has 2 nitrogen and oxygen atoms in total. The zero-order valence-corrected chi connectivity index (χ0v) is 8.06. The maximum absolute atomic E-state index is 10.8. The number of hydrogen-bond acceptors (Lipinski definition) is 1. The number of carboxylic acid groups (broad SMARTS) is 1. The normalized spacial score (nSPS) is 35.9. The van der Waals surface area contributed by atoms with Crippen LogP contribution < -0.4 is 0 Å². The molecule has 0 aromatic carbocycles.